The number of methoxy groups -OCH3 is 3. The van der Waals surface area contributed by atoms with E-state index in [2.05, 4.69) is 11.9 Å². The largest absolute Gasteiger partial charge is 0.493 e. The van der Waals surface area contributed by atoms with Crippen molar-refractivity contribution in [1.82, 2.24) is 4.98 Å². The number of fused-ring (bicyclic) bond motifs is 1. The van der Waals surface area contributed by atoms with Crippen molar-refractivity contribution < 1.29 is 14.2 Å². The van der Waals surface area contributed by atoms with Crippen molar-refractivity contribution in [2.24, 2.45) is 0 Å². The summed E-state index contributed by atoms with van der Waals surface area (Å²) in [5, 5.41) is 0.739. The molecule has 1 radical (unpaired) electrons. The first-order valence-electron chi connectivity index (χ1n) is 4.62. The van der Waals surface area contributed by atoms with E-state index in [1.807, 2.05) is 6.07 Å². The first-order chi connectivity index (χ1) is 7.71. The van der Waals surface area contributed by atoms with Gasteiger partial charge >= 0.3 is 0 Å². The fourth-order valence-electron chi connectivity index (χ4n) is 1.57. The molecule has 0 bridgehead atoms. The van der Waals surface area contributed by atoms with Gasteiger partial charge in [0.15, 0.2) is 11.5 Å². The van der Waals surface area contributed by atoms with Crippen molar-refractivity contribution in [3.05, 3.63) is 18.0 Å². The Kier molecular flexibility index (Phi) is 2.87. The van der Waals surface area contributed by atoms with E-state index in [9.17, 15) is 0 Å². The number of nitrogens with zero attached hydrogens (tertiary/aromatic N) is 1. The lowest BCUT2D eigenvalue weighted by Gasteiger charge is -2.11. The summed E-state index contributed by atoms with van der Waals surface area (Å²) < 4.78 is 16.8. The van der Waals surface area contributed by atoms with Crippen LogP contribution in [0.25, 0.3) is 10.2 Å². The van der Waals surface area contributed by atoms with Crippen molar-refractivity contribution in [3.8, 4) is 17.2 Å². The Morgan fingerprint density at radius 2 is 1.81 bits per heavy atom. The second kappa shape index (κ2) is 4.17. The van der Waals surface area contributed by atoms with E-state index in [1.165, 1.54) is 11.3 Å². The molecule has 0 saturated heterocycles. The minimum Gasteiger partial charge on any atom is -0.493 e. The highest BCUT2D eigenvalue weighted by atomic mass is 32.1. The van der Waals surface area contributed by atoms with Gasteiger partial charge in [0.05, 0.1) is 31.9 Å². The number of ether oxygens (including phenoxy) is 3. The molecule has 0 N–H and O–H groups in total. The molecule has 1 aromatic carbocycles. The Hall–Kier alpha value is -1.49. The summed E-state index contributed by atoms with van der Waals surface area (Å²) in [5.41, 5.74) is 0.810. The number of rotatable bonds is 3. The molecule has 5 heteroatoms. The minimum atomic E-state index is 0.584. The van der Waals surface area contributed by atoms with E-state index < -0.39 is 0 Å². The van der Waals surface area contributed by atoms with Gasteiger partial charge in [0.2, 0.25) is 5.75 Å². The predicted octanol–water partition coefficient (Wildman–Crippen LogP) is 2.50. The zero-order chi connectivity index (χ0) is 11.7. The molecule has 16 heavy (non-hydrogen) atoms. The van der Waals surface area contributed by atoms with Crippen LogP contribution in [0.5, 0.6) is 17.2 Å². The molecule has 4 nitrogen and oxygen atoms in total. The van der Waals surface area contributed by atoms with Gasteiger partial charge in [-0.1, -0.05) is 0 Å². The van der Waals surface area contributed by atoms with Crippen molar-refractivity contribution in [1.29, 1.82) is 0 Å². The summed E-state index contributed by atoms with van der Waals surface area (Å²) in [5.74, 6) is 1.84. The molecule has 0 amide bonds. The van der Waals surface area contributed by atoms with E-state index in [0.717, 1.165) is 15.2 Å². The van der Waals surface area contributed by atoms with Crippen LogP contribution in [0.1, 0.15) is 5.01 Å². The first kappa shape index (κ1) is 11.0. The van der Waals surface area contributed by atoms with Crippen LogP contribution in [0.2, 0.25) is 0 Å². The molecule has 0 aliphatic rings. The quantitative estimate of drug-likeness (QED) is 0.823. The van der Waals surface area contributed by atoms with Crippen LogP contribution >= 0.6 is 11.3 Å². The number of hydrogen-bond acceptors (Lipinski definition) is 5. The van der Waals surface area contributed by atoms with Crippen LogP contribution in [0, 0.1) is 6.92 Å². The topological polar surface area (TPSA) is 40.6 Å². The van der Waals surface area contributed by atoms with Crippen LogP contribution in [0.15, 0.2) is 6.07 Å². The van der Waals surface area contributed by atoms with E-state index in [4.69, 9.17) is 14.2 Å². The summed E-state index contributed by atoms with van der Waals surface area (Å²) in [6.45, 7) is 3.81. The van der Waals surface area contributed by atoms with E-state index in [0.29, 0.717) is 17.2 Å². The molecule has 0 atom stereocenters. The Morgan fingerprint density at radius 1 is 1.12 bits per heavy atom. The SMILES string of the molecule is [CH2]c1nc2cc(OC)c(OC)c(OC)c2s1. The summed E-state index contributed by atoms with van der Waals surface area (Å²) in [4.78, 5) is 4.30. The van der Waals surface area contributed by atoms with Crippen LogP contribution < -0.4 is 14.2 Å². The summed E-state index contributed by atoms with van der Waals surface area (Å²) in [6, 6.07) is 1.82. The Labute approximate surface area is 97.8 Å². The third kappa shape index (κ3) is 1.57. The Bertz CT molecular complexity index is 521. The van der Waals surface area contributed by atoms with E-state index in [1.54, 1.807) is 21.3 Å². The van der Waals surface area contributed by atoms with Crippen LogP contribution in [-0.4, -0.2) is 26.3 Å². The molecular weight excluding hydrogens is 226 g/mol. The minimum absolute atomic E-state index is 0.584. The van der Waals surface area contributed by atoms with Crippen molar-refractivity contribution in [2.75, 3.05) is 21.3 Å². The van der Waals surface area contributed by atoms with E-state index >= 15 is 0 Å². The number of hydrogen-bond donors (Lipinski definition) is 0. The normalized spacial score (nSPS) is 10.5. The maximum atomic E-state index is 5.34. The van der Waals surface area contributed by atoms with E-state index in [-0.39, 0.29) is 0 Å². The number of thiazole rings is 1. The van der Waals surface area contributed by atoms with Gasteiger partial charge in [0.25, 0.3) is 0 Å². The van der Waals surface area contributed by atoms with Crippen LogP contribution in [-0.2, 0) is 0 Å². The van der Waals surface area contributed by atoms with Crippen molar-refractivity contribution >= 4 is 21.6 Å². The molecule has 1 heterocycles. The monoisotopic (exact) mass is 238 g/mol. The van der Waals surface area contributed by atoms with Gasteiger partial charge in [-0.15, -0.1) is 11.3 Å². The van der Waals surface area contributed by atoms with Gasteiger partial charge in [0, 0.05) is 13.0 Å². The number of aromatic nitrogens is 1. The molecule has 1 aromatic heterocycles. The molecular formula is C11H12NO3S. The summed E-state index contributed by atoms with van der Waals surface area (Å²) >= 11 is 1.47. The third-order valence-corrected chi connectivity index (χ3v) is 3.16. The number of benzene rings is 1. The van der Waals surface area contributed by atoms with Gasteiger partial charge in [-0.25, -0.2) is 4.98 Å². The second-order valence-electron chi connectivity index (χ2n) is 3.10. The highest BCUT2D eigenvalue weighted by Gasteiger charge is 2.18. The Balaban J connectivity index is 2.81. The molecule has 0 spiro atoms. The first-order valence-corrected chi connectivity index (χ1v) is 5.44. The molecule has 85 valence electrons. The Morgan fingerprint density at radius 3 is 2.38 bits per heavy atom. The lowest BCUT2D eigenvalue weighted by molar-refractivity contribution is 0.327. The average molecular weight is 238 g/mol. The highest BCUT2D eigenvalue weighted by molar-refractivity contribution is 7.19. The van der Waals surface area contributed by atoms with Gasteiger partial charge in [-0.3, -0.25) is 0 Å². The zero-order valence-electron chi connectivity index (χ0n) is 9.36. The van der Waals surface area contributed by atoms with Gasteiger partial charge in [0.1, 0.15) is 4.70 Å². The van der Waals surface area contributed by atoms with Crippen molar-refractivity contribution in [3.63, 3.8) is 0 Å². The molecule has 0 unspecified atom stereocenters. The highest BCUT2D eigenvalue weighted by Crippen LogP contribution is 2.45. The zero-order valence-corrected chi connectivity index (χ0v) is 10.2. The maximum absolute atomic E-state index is 5.34. The molecule has 2 rings (SSSR count). The van der Waals surface area contributed by atoms with Crippen LogP contribution in [0.3, 0.4) is 0 Å². The molecule has 0 saturated carbocycles. The smallest absolute Gasteiger partial charge is 0.204 e. The second-order valence-corrected chi connectivity index (χ2v) is 4.18. The average Bonchev–Trinajstić information content (AvgIpc) is 2.66. The van der Waals surface area contributed by atoms with Crippen molar-refractivity contribution in [2.45, 2.75) is 0 Å². The maximum Gasteiger partial charge on any atom is 0.204 e. The molecule has 0 aliphatic carbocycles. The van der Waals surface area contributed by atoms with Gasteiger partial charge in [-0.2, -0.15) is 0 Å². The van der Waals surface area contributed by atoms with Crippen LogP contribution in [0.4, 0.5) is 0 Å². The molecule has 2 aromatic rings. The summed E-state index contributed by atoms with van der Waals surface area (Å²) in [6.07, 6.45) is 0. The van der Waals surface area contributed by atoms with Gasteiger partial charge in [-0.05, 0) is 0 Å². The molecule has 0 fully saturated rings. The fraction of sp³-hybridized carbons (Fsp3) is 0.273. The fourth-order valence-corrected chi connectivity index (χ4v) is 2.43. The predicted molar refractivity (Wildman–Crippen MR) is 63.7 cm³/mol. The summed E-state index contributed by atoms with van der Waals surface area (Å²) in [7, 11) is 4.76. The lowest BCUT2D eigenvalue weighted by atomic mass is 10.2. The third-order valence-electron chi connectivity index (χ3n) is 2.23. The lowest BCUT2D eigenvalue weighted by Crippen LogP contribution is -1.94. The van der Waals surface area contributed by atoms with Gasteiger partial charge < -0.3 is 14.2 Å². The molecule has 0 aliphatic heterocycles. The standard InChI is InChI=1S/C11H12NO3S/c1-6-12-7-5-8(13-2)9(14-3)10(15-4)11(7)16-6/h5H,1H2,2-4H3.